The van der Waals surface area contributed by atoms with E-state index in [2.05, 4.69) is 94.9 Å². The second-order valence-corrected chi connectivity index (χ2v) is 12.6. The van der Waals surface area contributed by atoms with E-state index in [9.17, 15) is 0 Å². The van der Waals surface area contributed by atoms with Crippen molar-refractivity contribution in [2.45, 2.75) is 19.6 Å². The number of furan rings is 1. The number of pyridine rings is 2. The quantitative estimate of drug-likeness (QED) is 0.195. The third kappa shape index (κ3) is 4.97. The Morgan fingerprint density at radius 2 is 1.04 bits per heavy atom. The van der Waals surface area contributed by atoms with Gasteiger partial charge in [-0.3, -0.25) is 9.97 Å². The lowest BCUT2D eigenvalue weighted by Gasteiger charge is -2.26. The highest BCUT2D eigenvalue weighted by Gasteiger charge is 2.30. The Kier molecular flexibility index (Phi) is 6.40. The fourth-order valence-electron chi connectivity index (χ4n) is 6.67. The SMILES string of the molecule is CC1(C)Oc2cc(-c3cc(-c4cccnc4)cc(-c4cccnc4)c3)ccc2-c2cc(-c3ccc4c(c3)oc3ccccc34)ccc2O1. The summed E-state index contributed by atoms with van der Waals surface area (Å²) in [4.78, 5) is 8.75. The summed E-state index contributed by atoms with van der Waals surface area (Å²) in [5, 5.41) is 2.23. The van der Waals surface area contributed by atoms with Crippen molar-refractivity contribution in [1.82, 2.24) is 9.97 Å². The zero-order valence-electron chi connectivity index (χ0n) is 26.5. The number of rotatable bonds is 4. The molecule has 48 heavy (non-hydrogen) atoms. The number of nitrogens with zero attached hydrogens (tertiary/aromatic N) is 2. The first-order valence-electron chi connectivity index (χ1n) is 16.0. The Hall–Kier alpha value is -6.20. The van der Waals surface area contributed by atoms with Gasteiger partial charge in [0.25, 0.3) is 0 Å². The molecule has 230 valence electrons. The Labute approximate surface area is 278 Å². The van der Waals surface area contributed by atoms with Crippen LogP contribution in [0.1, 0.15) is 13.8 Å². The van der Waals surface area contributed by atoms with E-state index in [1.165, 1.54) is 0 Å². The molecule has 0 unspecified atom stereocenters. The fourth-order valence-corrected chi connectivity index (χ4v) is 6.67. The average molecular weight is 623 g/mol. The topological polar surface area (TPSA) is 57.4 Å². The maximum absolute atomic E-state index is 6.60. The third-order valence-corrected chi connectivity index (χ3v) is 8.93. The molecule has 0 radical (unpaired) electrons. The molecule has 1 aliphatic rings. The fraction of sp³-hybridized carbons (Fsp3) is 0.0698. The molecule has 5 aromatic carbocycles. The van der Waals surface area contributed by atoms with Crippen LogP contribution in [0.3, 0.4) is 0 Å². The molecule has 0 saturated carbocycles. The van der Waals surface area contributed by atoms with E-state index in [-0.39, 0.29) is 0 Å². The summed E-state index contributed by atoms with van der Waals surface area (Å²) in [6.07, 6.45) is 7.38. The van der Waals surface area contributed by atoms with E-state index in [0.29, 0.717) is 0 Å². The van der Waals surface area contributed by atoms with Gasteiger partial charge in [0.15, 0.2) is 0 Å². The molecule has 5 nitrogen and oxygen atoms in total. The van der Waals surface area contributed by atoms with Crippen molar-refractivity contribution in [3.63, 3.8) is 0 Å². The second kappa shape index (κ2) is 11.0. The van der Waals surface area contributed by atoms with Gasteiger partial charge in [0.2, 0.25) is 5.79 Å². The molecule has 0 atom stereocenters. The zero-order valence-corrected chi connectivity index (χ0v) is 26.5. The van der Waals surface area contributed by atoms with Crippen molar-refractivity contribution in [2.75, 3.05) is 0 Å². The predicted molar refractivity (Wildman–Crippen MR) is 192 cm³/mol. The summed E-state index contributed by atoms with van der Waals surface area (Å²) in [5.41, 5.74) is 12.2. The molecule has 1 aliphatic heterocycles. The largest absolute Gasteiger partial charge is 0.456 e. The molecular formula is C43H30N2O3. The van der Waals surface area contributed by atoms with E-state index in [4.69, 9.17) is 13.9 Å². The smallest absolute Gasteiger partial charge is 0.245 e. The van der Waals surface area contributed by atoms with Crippen LogP contribution < -0.4 is 9.47 Å². The molecule has 0 spiro atoms. The van der Waals surface area contributed by atoms with E-state index in [0.717, 1.165) is 89.1 Å². The number of hydrogen-bond acceptors (Lipinski definition) is 5. The highest BCUT2D eigenvalue weighted by Crippen LogP contribution is 2.46. The molecule has 3 aromatic heterocycles. The maximum Gasteiger partial charge on any atom is 0.245 e. The molecule has 5 heteroatoms. The Morgan fingerprint density at radius 3 is 1.77 bits per heavy atom. The summed E-state index contributed by atoms with van der Waals surface area (Å²) in [5.74, 6) is 0.652. The van der Waals surface area contributed by atoms with Gasteiger partial charge in [0.1, 0.15) is 22.7 Å². The maximum atomic E-state index is 6.60. The number of benzene rings is 5. The van der Waals surface area contributed by atoms with E-state index >= 15 is 0 Å². The minimum atomic E-state index is -0.883. The van der Waals surface area contributed by atoms with Gasteiger partial charge < -0.3 is 13.9 Å². The Morgan fingerprint density at radius 1 is 0.438 bits per heavy atom. The van der Waals surface area contributed by atoms with Gasteiger partial charge in [0.05, 0.1) is 0 Å². The summed E-state index contributed by atoms with van der Waals surface area (Å²) >= 11 is 0. The number of para-hydroxylation sites is 1. The van der Waals surface area contributed by atoms with Crippen molar-refractivity contribution < 1.29 is 13.9 Å². The molecule has 0 bridgehead atoms. The van der Waals surface area contributed by atoms with Crippen LogP contribution >= 0.6 is 0 Å². The first-order chi connectivity index (χ1) is 23.5. The second-order valence-electron chi connectivity index (χ2n) is 12.6. The van der Waals surface area contributed by atoms with Gasteiger partial charge in [-0.05, 0) is 106 Å². The number of aromatic nitrogens is 2. The van der Waals surface area contributed by atoms with Crippen LogP contribution in [0, 0.1) is 0 Å². The van der Waals surface area contributed by atoms with Crippen LogP contribution in [0.4, 0.5) is 0 Å². The van der Waals surface area contributed by atoms with Crippen LogP contribution in [0.25, 0.3) is 77.6 Å². The van der Waals surface area contributed by atoms with Gasteiger partial charge in [-0.2, -0.15) is 0 Å². The van der Waals surface area contributed by atoms with E-state index in [1.54, 1.807) is 12.4 Å². The highest BCUT2D eigenvalue weighted by atomic mass is 16.7. The highest BCUT2D eigenvalue weighted by molar-refractivity contribution is 6.06. The van der Waals surface area contributed by atoms with Crippen LogP contribution in [-0.4, -0.2) is 15.8 Å². The van der Waals surface area contributed by atoms with E-state index in [1.807, 2.05) is 62.6 Å². The Bertz CT molecular complexity index is 2430. The lowest BCUT2D eigenvalue weighted by atomic mass is 9.92. The van der Waals surface area contributed by atoms with Crippen LogP contribution in [0.15, 0.2) is 151 Å². The minimum absolute atomic E-state index is 0.760. The van der Waals surface area contributed by atoms with Crippen molar-refractivity contribution in [2.24, 2.45) is 0 Å². The third-order valence-electron chi connectivity index (χ3n) is 8.93. The van der Waals surface area contributed by atoms with Crippen LogP contribution in [0.2, 0.25) is 0 Å². The van der Waals surface area contributed by atoms with Crippen molar-refractivity contribution in [3.8, 4) is 67.1 Å². The molecule has 0 aliphatic carbocycles. The molecule has 0 saturated heterocycles. The summed E-state index contributed by atoms with van der Waals surface area (Å²) in [6, 6.07) is 42.0. The predicted octanol–water partition coefficient (Wildman–Crippen LogP) is 11.2. The van der Waals surface area contributed by atoms with Gasteiger partial charge in [0, 0.05) is 71.7 Å². The summed E-state index contributed by atoms with van der Waals surface area (Å²) in [7, 11) is 0. The minimum Gasteiger partial charge on any atom is -0.456 e. The van der Waals surface area contributed by atoms with Gasteiger partial charge in [-0.1, -0.05) is 48.5 Å². The first kappa shape index (κ1) is 28.1. The van der Waals surface area contributed by atoms with Crippen molar-refractivity contribution in [1.29, 1.82) is 0 Å². The average Bonchev–Trinajstić information content (AvgIpc) is 3.44. The lowest BCUT2D eigenvalue weighted by molar-refractivity contribution is -0.0778. The lowest BCUT2D eigenvalue weighted by Crippen LogP contribution is -2.34. The van der Waals surface area contributed by atoms with Crippen LogP contribution in [-0.2, 0) is 0 Å². The first-order valence-corrected chi connectivity index (χ1v) is 16.0. The monoisotopic (exact) mass is 622 g/mol. The molecule has 0 N–H and O–H groups in total. The normalized spacial score (nSPS) is 13.3. The van der Waals surface area contributed by atoms with Crippen molar-refractivity contribution >= 4 is 21.9 Å². The Balaban J connectivity index is 1.16. The molecule has 8 aromatic rings. The number of ether oxygens (including phenoxy) is 2. The van der Waals surface area contributed by atoms with E-state index < -0.39 is 5.79 Å². The standard InChI is InChI=1S/C43H30N2O3/c1-43(2)47-40-16-13-27(28-11-14-36-35-9-3-4-10-39(35)46-41(36)23-28)22-38(40)37-15-12-29(24-42(37)48-43)32-19-33(30-7-5-17-44-25-30)21-34(20-32)31-8-6-18-45-26-31/h3-26H,1-2H3. The molecule has 9 rings (SSSR count). The number of hydrogen-bond donors (Lipinski definition) is 0. The summed E-state index contributed by atoms with van der Waals surface area (Å²) in [6.45, 7) is 3.90. The molecule has 4 heterocycles. The van der Waals surface area contributed by atoms with Gasteiger partial charge >= 0.3 is 0 Å². The van der Waals surface area contributed by atoms with Crippen molar-refractivity contribution in [3.05, 3.63) is 146 Å². The van der Waals surface area contributed by atoms with Gasteiger partial charge in [-0.25, -0.2) is 0 Å². The molecule has 0 fully saturated rings. The molecular weight excluding hydrogens is 592 g/mol. The zero-order chi connectivity index (χ0) is 32.2. The van der Waals surface area contributed by atoms with Gasteiger partial charge in [-0.15, -0.1) is 0 Å². The molecule has 0 amide bonds. The summed E-state index contributed by atoms with van der Waals surface area (Å²) < 4.78 is 19.3. The number of fused-ring (bicyclic) bond motifs is 6. The van der Waals surface area contributed by atoms with Crippen LogP contribution in [0.5, 0.6) is 11.5 Å².